The Morgan fingerprint density at radius 3 is 2.46 bits per heavy atom. The standard InChI is InChI=1S/C11H16N2/c12-7-8-13-11-5-3-10(4-6-11)9-1-2-9/h3-6,9,13H,1-2,7-8,12H2. The SMILES string of the molecule is NCCNc1ccc(C2CC2)cc1. The molecular formula is C11H16N2. The predicted octanol–water partition coefficient (Wildman–Crippen LogP) is 1.93. The number of benzene rings is 1. The van der Waals surface area contributed by atoms with Crippen molar-refractivity contribution in [1.29, 1.82) is 0 Å². The molecule has 3 N–H and O–H groups in total. The molecule has 0 aromatic heterocycles. The zero-order valence-corrected chi connectivity index (χ0v) is 7.79. The van der Waals surface area contributed by atoms with E-state index < -0.39 is 0 Å². The Balaban J connectivity index is 1.96. The summed E-state index contributed by atoms with van der Waals surface area (Å²) in [4.78, 5) is 0. The van der Waals surface area contributed by atoms with Gasteiger partial charge in [0.25, 0.3) is 0 Å². The molecule has 1 aliphatic carbocycles. The fourth-order valence-electron chi connectivity index (χ4n) is 1.51. The van der Waals surface area contributed by atoms with Gasteiger partial charge in [-0.05, 0) is 36.5 Å². The minimum atomic E-state index is 0.685. The lowest BCUT2D eigenvalue weighted by Crippen LogP contribution is -2.12. The monoisotopic (exact) mass is 176 g/mol. The van der Waals surface area contributed by atoms with Gasteiger partial charge in [0.1, 0.15) is 0 Å². The van der Waals surface area contributed by atoms with E-state index >= 15 is 0 Å². The molecule has 2 heteroatoms. The second-order valence-electron chi connectivity index (χ2n) is 3.61. The van der Waals surface area contributed by atoms with Crippen molar-refractivity contribution in [1.82, 2.24) is 0 Å². The number of hydrogen-bond acceptors (Lipinski definition) is 2. The van der Waals surface area contributed by atoms with Crippen molar-refractivity contribution in [3.63, 3.8) is 0 Å². The third kappa shape index (κ3) is 2.22. The topological polar surface area (TPSA) is 38.0 Å². The van der Waals surface area contributed by atoms with Crippen molar-refractivity contribution in [2.45, 2.75) is 18.8 Å². The van der Waals surface area contributed by atoms with Gasteiger partial charge in [0.15, 0.2) is 0 Å². The summed E-state index contributed by atoms with van der Waals surface area (Å²) in [5.74, 6) is 0.851. The molecule has 0 bridgehead atoms. The smallest absolute Gasteiger partial charge is 0.0340 e. The highest BCUT2D eigenvalue weighted by atomic mass is 14.9. The van der Waals surface area contributed by atoms with Crippen LogP contribution in [0.4, 0.5) is 5.69 Å². The van der Waals surface area contributed by atoms with Crippen LogP contribution < -0.4 is 11.1 Å². The third-order valence-electron chi connectivity index (χ3n) is 2.43. The Kier molecular flexibility index (Phi) is 2.50. The Hall–Kier alpha value is -1.02. The van der Waals surface area contributed by atoms with Crippen molar-refractivity contribution in [2.24, 2.45) is 5.73 Å². The lowest BCUT2D eigenvalue weighted by atomic mass is 10.1. The minimum absolute atomic E-state index is 0.685. The fraction of sp³-hybridized carbons (Fsp3) is 0.455. The molecule has 1 aromatic rings. The summed E-state index contributed by atoms with van der Waals surface area (Å²) in [6, 6.07) is 8.72. The highest BCUT2D eigenvalue weighted by Crippen LogP contribution is 2.40. The van der Waals surface area contributed by atoms with Crippen molar-refractivity contribution >= 4 is 5.69 Å². The maximum atomic E-state index is 5.40. The minimum Gasteiger partial charge on any atom is -0.384 e. The molecule has 1 aromatic carbocycles. The Morgan fingerprint density at radius 1 is 1.23 bits per heavy atom. The summed E-state index contributed by atoms with van der Waals surface area (Å²) in [6.07, 6.45) is 2.74. The number of hydrogen-bond donors (Lipinski definition) is 2. The van der Waals surface area contributed by atoms with E-state index in [4.69, 9.17) is 5.73 Å². The van der Waals surface area contributed by atoms with Gasteiger partial charge in [-0.1, -0.05) is 12.1 Å². The Morgan fingerprint density at radius 2 is 1.92 bits per heavy atom. The molecule has 2 nitrogen and oxygen atoms in total. The normalized spacial score (nSPS) is 15.8. The fourth-order valence-corrected chi connectivity index (χ4v) is 1.51. The van der Waals surface area contributed by atoms with Crippen LogP contribution in [-0.2, 0) is 0 Å². The third-order valence-corrected chi connectivity index (χ3v) is 2.43. The van der Waals surface area contributed by atoms with Crippen LogP contribution in [0.1, 0.15) is 24.3 Å². The number of nitrogens with two attached hydrogens (primary N) is 1. The van der Waals surface area contributed by atoms with Gasteiger partial charge in [-0.15, -0.1) is 0 Å². The molecule has 0 amide bonds. The van der Waals surface area contributed by atoms with E-state index in [0.29, 0.717) is 6.54 Å². The average molecular weight is 176 g/mol. The molecule has 0 spiro atoms. The maximum absolute atomic E-state index is 5.40. The molecule has 1 aliphatic rings. The molecule has 0 saturated heterocycles. The van der Waals surface area contributed by atoms with Crippen LogP contribution in [0.25, 0.3) is 0 Å². The van der Waals surface area contributed by atoms with Crippen molar-refractivity contribution in [3.05, 3.63) is 29.8 Å². The van der Waals surface area contributed by atoms with E-state index in [2.05, 4.69) is 29.6 Å². The zero-order chi connectivity index (χ0) is 9.10. The number of nitrogens with one attached hydrogen (secondary N) is 1. The molecule has 0 radical (unpaired) electrons. The molecule has 0 aliphatic heterocycles. The van der Waals surface area contributed by atoms with Gasteiger partial charge >= 0.3 is 0 Å². The van der Waals surface area contributed by atoms with Crippen molar-refractivity contribution in [2.75, 3.05) is 18.4 Å². The van der Waals surface area contributed by atoms with Crippen LogP contribution in [0.2, 0.25) is 0 Å². The first-order valence-corrected chi connectivity index (χ1v) is 4.94. The second kappa shape index (κ2) is 3.79. The molecule has 0 unspecified atom stereocenters. The summed E-state index contributed by atoms with van der Waals surface area (Å²) < 4.78 is 0. The first-order valence-electron chi connectivity index (χ1n) is 4.94. The lowest BCUT2D eigenvalue weighted by molar-refractivity contribution is 1.02. The Bertz CT molecular complexity index is 262. The molecular weight excluding hydrogens is 160 g/mol. The summed E-state index contributed by atoms with van der Waals surface area (Å²) >= 11 is 0. The molecule has 70 valence electrons. The average Bonchev–Trinajstić information content (AvgIpc) is 2.99. The van der Waals surface area contributed by atoms with Gasteiger partial charge in [-0.2, -0.15) is 0 Å². The first-order chi connectivity index (χ1) is 6.40. The van der Waals surface area contributed by atoms with Crippen molar-refractivity contribution in [3.8, 4) is 0 Å². The maximum Gasteiger partial charge on any atom is 0.0340 e. The van der Waals surface area contributed by atoms with Gasteiger partial charge < -0.3 is 11.1 Å². The zero-order valence-electron chi connectivity index (χ0n) is 7.79. The van der Waals surface area contributed by atoms with Gasteiger partial charge in [0.05, 0.1) is 0 Å². The van der Waals surface area contributed by atoms with E-state index in [1.807, 2.05) is 0 Å². The van der Waals surface area contributed by atoms with Gasteiger partial charge in [0, 0.05) is 18.8 Å². The highest BCUT2D eigenvalue weighted by molar-refractivity contribution is 5.45. The summed E-state index contributed by atoms with van der Waals surface area (Å²) in [5.41, 5.74) is 8.06. The molecule has 0 atom stereocenters. The van der Waals surface area contributed by atoms with Crippen LogP contribution in [0, 0.1) is 0 Å². The number of rotatable bonds is 4. The first kappa shape index (κ1) is 8.57. The van der Waals surface area contributed by atoms with Gasteiger partial charge in [0.2, 0.25) is 0 Å². The van der Waals surface area contributed by atoms with E-state index in [0.717, 1.165) is 12.5 Å². The summed E-state index contributed by atoms with van der Waals surface area (Å²) in [5, 5.41) is 3.26. The predicted molar refractivity (Wildman–Crippen MR) is 56.0 cm³/mol. The van der Waals surface area contributed by atoms with Gasteiger partial charge in [-0.25, -0.2) is 0 Å². The van der Waals surface area contributed by atoms with Crippen LogP contribution >= 0.6 is 0 Å². The van der Waals surface area contributed by atoms with E-state index in [1.54, 1.807) is 0 Å². The number of anilines is 1. The van der Waals surface area contributed by atoms with E-state index in [-0.39, 0.29) is 0 Å². The molecule has 13 heavy (non-hydrogen) atoms. The lowest BCUT2D eigenvalue weighted by Gasteiger charge is -2.05. The van der Waals surface area contributed by atoms with Gasteiger partial charge in [-0.3, -0.25) is 0 Å². The molecule has 2 rings (SSSR count). The Labute approximate surface area is 79.1 Å². The van der Waals surface area contributed by atoms with Crippen LogP contribution in [-0.4, -0.2) is 13.1 Å². The van der Waals surface area contributed by atoms with E-state index in [9.17, 15) is 0 Å². The van der Waals surface area contributed by atoms with Crippen molar-refractivity contribution < 1.29 is 0 Å². The largest absolute Gasteiger partial charge is 0.384 e. The molecule has 1 fully saturated rings. The van der Waals surface area contributed by atoms with E-state index in [1.165, 1.54) is 24.1 Å². The highest BCUT2D eigenvalue weighted by Gasteiger charge is 2.22. The summed E-state index contributed by atoms with van der Waals surface area (Å²) in [6.45, 7) is 1.53. The quantitative estimate of drug-likeness (QED) is 0.735. The van der Waals surface area contributed by atoms with Crippen LogP contribution in [0.3, 0.4) is 0 Å². The van der Waals surface area contributed by atoms with Crippen LogP contribution in [0.5, 0.6) is 0 Å². The second-order valence-corrected chi connectivity index (χ2v) is 3.61. The summed E-state index contributed by atoms with van der Waals surface area (Å²) in [7, 11) is 0. The molecule has 0 heterocycles. The molecule has 1 saturated carbocycles. The van der Waals surface area contributed by atoms with Crippen LogP contribution in [0.15, 0.2) is 24.3 Å².